The summed E-state index contributed by atoms with van der Waals surface area (Å²) in [6.45, 7) is 1.12. The van der Waals surface area contributed by atoms with Crippen molar-refractivity contribution in [1.82, 2.24) is 5.32 Å². The van der Waals surface area contributed by atoms with Gasteiger partial charge in [-0.15, -0.1) is 0 Å². The maximum atomic E-state index is 10.2. The number of nitrogens with zero attached hydrogens (tertiary/aromatic N) is 1. The van der Waals surface area contributed by atoms with Crippen molar-refractivity contribution in [3.05, 3.63) is 0 Å². The van der Waals surface area contributed by atoms with Gasteiger partial charge in [0.2, 0.25) is 6.41 Å². The molecule has 5 nitrogen and oxygen atoms in total. The average Bonchev–Trinajstić information content (AvgIpc) is 1.97. The number of ether oxygens (including phenoxy) is 1. The molecule has 0 rings (SSSR count). The fraction of sp³-hybridized carbons (Fsp3) is 0.500. The van der Waals surface area contributed by atoms with Crippen molar-refractivity contribution in [2.24, 2.45) is 0 Å². The van der Waals surface area contributed by atoms with Crippen LogP contribution in [0.3, 0.4) is 0 Å². The molecular formula is C6H8N2O3. The van der Waals surface area contributed by atoms with Crippen molar-refractivity contribution >= 4 is 12.4 Å². The molecule has 5 heteroatoms. The van der Waals surface area contributed by atoms with Gasteiger partial charge in [-0.25, -0.2) is 0 Å². The van der Waals surface area contributed by atoms with Crippen LogP contribution in [0.5, 0.6) is 0 Å². The second-order valence-electron chi connectivity index (χ2n) is 1.77. The number of hydrogen-bond donors (Lipinski definition) is 1. The number of amides is 1. The third-order valence-corrected chi connectivity index (χ3v) is 0.878. The minimum Gasteiger partial charge on any atom is -0.463 e. The van der Waals surface area contributed by atoms with E-state index in [2.05, 4.69) is 10.1 Å². The van der Waals surface area contributed by atoms with Gasteiger partial charge in [-0.3, -0.25) is 9.59 Å². The number of esters is 1. The summed E-state index contributed by atoms with van der Waals surface area (Å²) < 4.78 is 4.46. The lowest BCUT2D eigenvalue weighted by molar-refractivity contribution is -0.141. The first kappa shape index (κ1) is 9.43. The monoisotopic (exact) mass is 156 g/mol. The Hall–Kier alpha value is -1.57. The van der Waals surface area contributed by atoms with Crippen LogP contribution in [-0.4, -0.2) is 25.0 Å². The molecule has 0 bridgehead atoms. The molecular weight excluding hydrogens is 148 g/mol. The van der Waals surface area contributed by atoms with Gasteiger partial charge in [-0.1, -0.05) is 0 Å². The SMILES string of the molecule is CC(=O)OCC(C#N)NC=O. The molecule has 60 valence electrons. The first-order valence-electron chi connectivity index (χ1n) is 2.93. The van der Waals surface area contributed by atoms with Gasteiger partial charge in [0.05, 0.1) is 6.07 Å². The van der Waals surface area contributed by atoms with E-state index in [9.17, 15) is 9.59 Å². The molecule has 0 aromatic rings. The summed E-state index contributed by atoms with van der Waals surface area (Å²) >= 11 is 0. The van der Waals surface area contributed by atoms with E-state index in [0.717, 1.165) is 0 Å². The van der Waals surface area contributed by atoms with Gasteiger partial charge in [0.15, 0.2) is 6.04 Å². The van der Waals surface area contributed by atoms with Crippen molar-refractivity contribution in [2.75, 3.05) is 6.61 Å². The average molecular weight is 156 g/mol. The van der Waals surface area contributed by atoms with Crippen molar-refractivity contribution in [2.45, 2.75) is 13.0 Å². The Kier molecular flexibility index (Phi) is 4.49. The first-order valence-corrected chi connectivity index (χ1v) is 2.93. The van der Waals surface area contributed by atoms with E-state index < -0.39 is 12.0 Å². The lowest BCUT2D eigenvalue weighted by atomic mass is 10.4. The van der Waals surface area contributed by atoms with Gasteiger partial charge in [0.1, 0.15) is 6.61 Å². The molecule has 0 spiro atoms. The minimum absolute atomic E-state index is 0.107. The van der Waals surface area contributed by atoms with Crippen LogP contribution in [0.15, 0.2) is 0 Å². The van der Waals surface area contributed by atoms with Gasteiger partial charge in [0.25, 0.3) is 0 Å². The molecule has 0 heterocycles. The Bertz CT molecular complexity index is 185. The van der Waals surface area contributed by atoms with E-state index in [1.165, 1.54) is 6.92 Å². The molecule has 0 aromatic heterocycles. The maximum Gasteiger partial charge on any atom is 0.302 e. The molecule has 1 amide bonds. The highest BCUT2D eigenvalue weighted by molar-refractivity contribution is 5.66. The molecule has 11 heavy (non-hydrogen) atoms. The smallest absolute Gasteiger partial charge is 0.302 e. The fourth-order valence-corrected chi connectivity index (χ4v) is 0.405. The molecule has 1 N–H and O–H groups in total. The number of carbonyl (C=O) groups excluding carboxylic acids is 2. The van der Waals surface area contributed by atoms with Crippen LogP contribution in [0.2, 0.25) is 0 Å². The van der Waals surface area contributed by atoms with Crippen LogP contribution in [0, 0.1) is 11.3 Å². The predicted molar refractivity (Wildman–Crippen MR) is 35.2 cm³/mol. The Balaban J connectivity index is 3.62. The zero-order valence-electron chi connectivity index (χ0n) is 6.03. The summed E-state index contributed by atoms with van der Waals surface area (Å²) in [5.41, 5.74) is 0. The molecule has 0 aliphatic heterocycles. The predicted octanol–water partition coefficient (Wildman–Crippen LogP) is -0.812. The van der Waals surface area contributed by atoms with E-state index >= 15 is 0 Å². The van der Waals surface area contributed by atoms with E-state index in [0.29, 0.717) is 6.41 Å². The Morgan fingerprint density at radius 3 is 2.91 bits per heavy atom. The number of rotatable bonds is 4. The van der Waals surface area contributed by atoms with Crippen LogP contribution in [-0.2, 0) is 14.3 Å². The van der Waals surface area contributed by atoms with Crippen molar-refractivity contribution in [3.63, 3.8) is 0 Å². The molecule has 0 saturated heterocycles. The topological polar surface area (TPSA) is 79.2 Å². The van der Waals surface area contributed by atoms with Crippen LogP contribution in [0.1, 0.15) is 6.92 Å². The third kappa shape index (κ3) is 4.90. The second kappa shape index (κ2) is 5.23. The molecule has 0 radical (unpaired) electrons. The zero-order chi connectivity index (χ0) is 8.69. The molecule has 1 unspecified atom stereocenters. The standard InChI is InChI=1S/C6H8N2O3/c1-5(10)11-3-6(2-7)8-4-9/h4,6H,3H2,1H3,(H,8,9). The molecule has 0 fully saturated rings. The van der Waals surface area contributed by atoms with Gasteiger partial charge in [0, 0.05) is 6.92 Å². The Labute approximate surface area is 63.9 Å². The van der Waals surface area contributed by atoms with E-state index in [4.69, 9.17) is 5.26 Å². The molecule has 0 aliphatic carbocycles. The highest BCUT2D eigenvalue weighted by Gasteiger charge is 2.05. The highest BCUT2D eigenvalue weighted by Crippen LogP contribution is 1.82. The summed E-state index contributed by atoms with van der Waals surface area (Å²) in [6, 6.07) is 0.985. The van der Waals surface area contributed by atoms with E-state index in [-0.39, 0.29) is 6.61 Å². The lowest BCUT2D eigenvalue weighted by Crippen LogP contribution is -2.31. The summed E-state index contributed by atoms with van der Waals surface area (Å²) in [5, 5.41) is 10.5. The molecule has 1 atom stereocenters. The molecule has 0 aliphatic rings. The Morgan fingerprint density at radius 2 is 2.55 bits per heavy atom. The van der Waals surface area contributed by atoms with Crippen molar-refractivity contribution in [3.8, 4) is 6.07 Å². The van der Waals surface area contributed by atoms with E-state index in [1.807, 2.05) is 0 Å². The van der Waals surface area contributed by atoms with E-state index in [1.54, 1.807) is 6.07 Å². The first-order chi connectivity index (χ1) is 5.20. The fourth-order valence-electron chi connectivity index (χ4n) is 0.405. The van der Waals surface area contributed by atoms with Gasteiger partial charge in [-0.05, 0) is 0 Å². The summed E-state index contributed by atoms with van der Waals surface area (Å²) in [6.07, 6.45) is 0.386. The quantitative estimate of drug-likeness (QED) is 0.426. The Morgan fingerprint density at radius 1 is 1.91 bits per heavy atom. The maximum absolute atomic E-state index is 10.2. The summed E-state index contributed by atoms with van der Waals surface area (Å²) in [7, 11) is 0. The van der Waals surface area contributed by atoms with Gasteiger partial charge >= 0.3 is 5.97 Å². The second-order valence-corrected chi connectivity index (χ2v) is 1.77. The van der Waals surface area contributed by atoms with Gasteiger partial charge < -0.3 is 10.1 Å². The number of hydrogen-bond acceptors (Lipinski definition) is 4. The third-order valence-electron chi connectivity index (χ3n) is 0.878. The number of nitrogens with one attached hydrogen (secondary N) is 1. The van der Waals surface area contributed by atoms with Crippen molar-refractivity contribution < 1.29 is 14.3 Å². The highest BCUT2D eigenvalue weighted by atomic mass is 16.5. The minimum atomic E-state index is -0.753. The summed E-state index contributed by atoms with van der Waals surface area (Å²) in [5.74, 6) is -0.474. The zero-order valence-corrected chi connectivity index (χ0v) is 6.03. The van der Waals surface area contributed by atoms with Crippen LogP contribution < -0.4 is 5.32 Å². The van der Waals surface area contributed by atoms with Crippen LogP contribution >= 0.6 is 0 Å². The van der Waals surface area contributed by atoms with Gasteiger partial charge in [-0.2, -0.15) is 5.26 Å². The molecule has 0 saturated carbocycles. The summed E-state index contributed by atoms with van der Waals surface area (Å²) in [4.78, 5) is 20.0. The van der Waals surface area contributed by atoms with Crippen LogP contribution in [0.4, 0.5) is 0 Å². The van der Waals surface area contributed by atoms with Crippen LogP contribution in [0.25, 0.3) is 0 Å². The van der Waals surface area contributed by atoms with Crippen molar-refractivity contribution in [1.29, 1.82) is 5.26 Å². The largest absolute Gasteiger partial charge is 0.463 e. The number of carbonyl (C=O) groups is 2. The normalized spacial score (nSPS) is 10.9. The number of nitriles is 1. The molecule has 0 aromatic carbocycles. The lowest BCUT2D eigenvalue weighted by Gasteiger charge is -2.05.